The van der Waals surface area contributed by atoms with E-state index in [2.05, 4.69) is 20.6 Å². The number of carbonyl (C=O) groups excluding carboxylic acids is 2. The summed E-state index contributed by atoms with van der Waals surface area (Å²) in [6.07, 6.45) is 4.04. The van der Waals surface area contributed by atoms with Gasteiger partial charge in [0.1, 0.15) is 12.1 Å². The lowest BCUT2D eigenvalue weighted by atomic mass is 9.85. The summed E-state index contributed by atoms with van der Waals surface area (Å²) in [6, 6.07) is 4.05. The van der Waals surface area contributed by atoms with Crippen LogP contribution in [-0.2, 0) is 16.0 Å². The van der Waals surface area contributed by atoms with Crippen LogP contribution in [0.2, 0.25) is 0 Å². The molecule has 1 aliphatic heterocycles. The normalized spacial score (nSPS) is 20.5. The molecular weight excluding hydrogens is 424 g/mol. The van der Waals surface area contributed by atoms with Gasteiger partial charge in [-0.2, -0.15) is 0 Å². The van der Waals surface area contributed by atoms with Gasteiger partial charge in [-0.3, -0.25) is 14.6 Å². The third-order valence-corrected chi connectivity index (χ3v) is 5.93. The van der Waals surface area contributed by atoms with Gasteiger partial charge in [0.15, 0.2) is 0 Å². The van der Waals surface area contributed by atoms with Gasteiger partial charge in [0, 0.05) is 32.4 Å². The minimum Gasteiger partial charge on any atom is -0.391 e. The first-order chi connectivity index (χ1) is 15.6. The Hall–Kier alpha value is -2.85. The molecule has 1 fully saturated rings. The van der Waals surface area contributed by atoms with Crippen molar-refractivity contribution in [3.8, 4) is 0 Å². The highest BCUT2D eigenvalue weighted by molar-refractivity contribution is 5.90. The number of β-amino-alcohol motifs (C(OH)–C–C–N with tert-alkyl or cyclic N) is 1. The van der Waals surface area contributed by atoms with E-state index in [4.69, 9.17) is 0 Å². The van der Waals surface area contributed by atoms with E-state index >= 15 is 0 Å². The Morgan fingerprint density at radius 3 is 2.70 bits per heavy atom. The molecule has 10 nitrogen and oxygen atoms in total. The molecule has 3 heterocycles. The average molecular weight is 459 g/mol. The van der Waals surface area contributed by atoms with Crippen molar-refractivity contribution >= 4 is 11.8 Å². The van der Waals surface area contributed by atoms with Gasteiger partial charge >= 0.3 is 0 Å². The van der Waals surface area contributed by atoms with Crippen molar-refractivity contribution in [1.82, 2.24) is 30.2 Å². The van der Waals surface area contributed by atoms with Gasteiger partial charge in [0.05, 0.1) is 23.6 Å². The van der Waals surface area contributed by atoms with Crippen LogP contribution in [0.1, 0.15) is 63.6 Å². The number of aliphatic hydroxyl groups excluding tert-OH is 2. The largest absolute Gasteiger partial charge is 0.391 e. The Morgan fingerprint density at radius 1 is 1.30 bits per heavy atom. The molecule has 2 aromatic heterocycles. The van der Waals surface area contributed by atoms with Gasteiger partial charge in [-0.05, 0) is 36.8 Å². The van der Waals surface area contributed by atoms with E-state index in [1.165, 1.54) is 11.9 Å². The molecule has 3 N–H and O–H groups in total. The van der Waals surface area contributed by atoms with E-state index in [0.717, 1.165) is 5.69 Å². The molecule has 0 aromatic carbocycles. The van der Waals surface area contributed by atoms with Gasteiger partial charge in [-0.25, -0.2) is 4.68 Å². The summed E-state index contributed by atoms with van der Waals surface area (Å²) in [5.41, 5.74) is 0.852. The molecule has 3 rings (SSSR count). The zero-order valence-electron chi connectivity index (χ0n) is 19.7. The van der Waals surface area contributed by atoms with Crippen LogP contribution in [0.5, 0.6) is 0 Å². The zero-order valence-corrected chi connectivity index (χ0v) is 19.7. The Bertz CT molecular complexity index is 942. The zero-order chi connectivity index (χ0) is 24.2. The summed E-state index contributed by atoms with van der Waals surface area (Å²) in [4.78, 5) is 31.5. The molecule has 33 heavy (non-hydrogen) atoms. The number of aromatic nitrogens is 4. The molecule has 1 aliphatic rings. The lowest BCUT2D eigenvalue weighted by molar-refractivity contribution is -0.144. The SMILES string of the molecule is CNC(=O)[C@H]1C[C@H](O)CN1C(=O)[C@@H](n1cc(CCCC(O)c2ccccn2)nn1)C(C)(C)C. The number of hydrogen-bond donors (Lipinski definition) is 3. The number of nitrogens with zero attached hydrogens (tertiary/aromatic N) is 5. The Kier molecular flexibility index (Phi) is 7.80. The van der Waals surface area contributed by atoms with Gasteiger partial charge in [-0.1, -0.05) is 32.1 Å². The summed E-state index contributed by atoms with van der Waals surface area (Å²) in [6.45, 7) is 5.90. The Morgan fingerprint density at radius 2 is 2.06 bits per heavy atom. The van der Waals surface area contributed by atoms with Gasteiger partial charge < -0.3 is 20.4 Å². The standard InChI is InChI=1S/C23H34N6O4/c1-23(2,3)20(22(33)28-14-16(30)12-18(28)21(32)24-4)29-13-15(26-27-29)8-7-10-19(31)17-9-5-6-11-25-17/h5-6,9,11,13,16,18-20,30-31H,7-8,10,12,14H2,1-4H3,(H,24,32)/t16-,18+,19?,20+/m0/s1. The molecule has 0 bridgehead atoms. The van der Waals surface area contributed by atoms with Crippen LogP contribution < -0.4 is 5.32 Å². The van der Waals surface area contributed by atoms with Crippen LogP contribution in [-0.4, -0.2) is 72.6 Å². The van der Waals surface area contributed by atoms with Crippen LogP contribution in [0.15, 0.2) is 30.6 Å². The second kappa shape index (κ2) is 10.4. The first-order valence-corrected chi connectivity index (χ1v) is 11.3. The van der Waals surface area contributed by atoms with Crippen LogP contribution in [0.25, 0.3) is 0 Å². The van der Waals surface area contributed by atoms with E-state index in [1.54, 1.807) is 29.2 Å². The fraction of sp³-hybridized carbons (Fsp3) is 0.609. The smallest absolute Gasteiger partial charge is 0.248 e. The number of hydrogen-bond acceptors (Lipinski definition) is 7. The number of aliphatic hydroxyl groups is 2. The molecule has 10 heteroatoms. The number of nitrogens with one attached hydrogen (secondary N) is 1. The molecule has 1 saturated heterocycles. The second-order valence-corrected chi connectivity index (χ2v) is 9.63. The predicted molar refractivity (Wildman–Crippen MR) is 121 cm³/mol. The summed E-state index contributed by atoms with van der Waals surface area (Å²) >= 11 is 0. The molecule has 2 aromatic rings. The van der Waals surface area contributed by atoms with Crippen LogP contribution in [0.3, 0.4) is 0 Å². The van der Waals surface area contributed by atoms with Crippen LogP contribution in [0.4, 0.5) is 0 Å². The lowest BCUT2D eigenvalue weighted by Gasteiger charge is -2.34. The van der Waals surface area contributed by atoms with Crippen molar-refractivity contribution in [2.45, 2.75) is 70.7 Å². The number of amides is 2. The van der Waals surface area contributed by atoms with Crippen molar-refractivity contribution in [3.63, 3.8) is 0 Å². The summed E-state index contributed by atoms with van der Waals surface area (Å²) < 4.78 is 1.55. The Labute approximate surface area is 194 Å². The monoisotopic (exact) mass is 458 g/mol. The van der Waals surface area contributed by atoms with E-state index < -0.39 is 29.7 Å². The highest BCUT2D eigenvalue weighted by Gasteiger charge is 2.44. The number of aryl methyl sites for hydroxylation is 1. The number of likely N-dealkylation sites (N-methyl/N-ethyl adjacent to an activating group) is 1. The van der Waals surface area contributed by atoms with Crippen LogP contribution >= 0.6 is 0 Å². The fourth-order valence-electron chi connectivity index (χ4n) is 4.26. The molecule has 0 saturated carbocycles. The first-order valence-electron chi connectivity index (χ1n) is 11.3. The van der Waals surface area contributed by atoms with Gasteiger partial charge in [-0.15, -0.1) is 5.10 Å². The maximum absolute atomic E-state index is 13.5. The molecule has 0 spiro atoms. The average Bonchev–Trinajstić information content (AvgIpc) is 3.39. The number of rotatable bonds is 8. The summed E-state index contributed by atoms with van der Waals surface area (Å²) in [5, 5.41) is 31.4. The molecule has 180 valence electrons. The van der Waals surface area contributed by atoms with Crippen molar-refractivity contribution in [2.24, 2.45) is 5.41 Å². The van der Waals surface area contributed by atoms with Gasteiger partial charge in [0.2, 0.25) is 11.8 Å². The highest BCUT2D eigenvalue weighted by atomic mass is 16.3. The van der Waals surface area contributed by atoms with Crippen molar-refractivity contribution in [3.05, 3.63) is 42.0 Å². The topological polar surface area (TPSA) is 133 Å². The van der Waals surface area contributed by atoms with Crippen molar-refractivity contribution < 1.29 is 19.8 Å². The number of carbonyl (C=O) groups is 2. The van der Waals surface area contributed by atoms with Crippen LogP contribution in [0, 0.1) is 5.41 Å². The fourth-order valence-corrected chi connectivity index (χ4v) is 4.26. The number of pyridine rings is 1. The molecular formula is C23H34N6O4. The Balaban J connectivity index is 1.70. The maximum Gasteiger partial charge on any atom is 0.248 e. The molecule has 1 unspecified atom stereocenters. The molecule has 4 atom stereocenters. The quantitative estimate of drug-likeness (QED) is 0.538. The third-order valence-electron chi connectivity index (χ3n) is 5.93. The summed E-state index contributed by atoms with van der Waals surface area (Å²) in [7, 11) is 1.52. The first kappa shape index (κ1) is 24.8. The molecule has 2 amide bonds. The highest BCUT2D eigenvalue weighted by Crippen LogP contribution is 2.34. The van der Waals surface area contributed by atoms with Crippen molar-refractivity contribution in [2.75, 3.05) is 13.6 Å². The van der Waals surface area contributed by atoms with Crippen molar-refractivity contribution in [1.29, 1.82) is 0 Å². The van der Waals surface area contributed by atoms with E-state index in [1.807, 2.05) is 26.8 Å². The second-order valence-electron chi connectivity index (χ2n) is 9.63. The predicted octanol–water partition coefficient (Wildman–Crippen LogP) is 1.02. The minimum absolute atomic E-state index is 0.108. The van der Waals surface area contributed by atoms with E-state index in [-0.39, 0.29) is 24.8 Å². The van der Waals surface area contributed by atoms with E-state index in [0.29, 0.717) is 25.0 Å². The molecule has 0 aliphatic carbocycles. The lowest BCUT2D eigenvalue weighted by Crippen LogP contribution is -2.49. The minimum atomic E-state index is -0.742. The maximum atomic E-state index is 13.5. The van der Waals surface area contributed by atoms with Gasteiger partial charge in [0.25, 0.3) is 0 Å². The third kappa shape index (κ3) is 5.94. The molecule has 0 radical (unpaired) electrons. The number of likely N-dealkylation sites (tertiary alicyclic amines) is 1. The van der Waals surface area contributed by atoms with E-state index in [9.17, 15) is 19.8 Å². The summed E-state index contributed by atoms with van der Waals surface area (Å²) in [5.74, 6) is -0.562.